The van der Waals surface area contributed by atoms with E-state index < -0.39 is 5.60 Å². The number of carbonyl (C=O) groups is 1. The second-order valence-corrected chi connectivity index (χ2v) is 5.57. The van der Waals surface area contributed by atoms with Crippen LogP contribution in [0.5, 0.6) is 0 Å². The molecule has 1 heterocycles. The van der Waals surface area contributed by atoms with Crippen molar-refractivity contribution in [2.45, 2.75) is 51.9 Å². The smallest absolute Gasteiger partial charge is 0.234 e. The van der Waals surface area contributed by atoms with Crippen molar-refractivity contribution >= 4 is 5.91 Å². The Balaban J connectivity index is 2.23. The molecule has 1 saturated heterocycles. The van der Waals surface area contributed by atoms with Gasteiger partial charge in [-0.1, -0.05) is 13.8 Å². The number of rotatable bonds is 6. The molecule has 0 aromatic carbocycles. The fourth-order valence-corrected chi connectivity index (χ4v) is 1.87. The fourth-order valence-electron chi connectivity index (χ4n) is 1.87. The van der Waals surface area contributed by atoms with Crippen LogP contribution in [-0.4, -0.2) is 48.5 Å². The Morgan fingerprint density at radius 1 is 1.50 bits per heavy atom. The van der Waals surface area contributed by atoms with Crippen LogP contribution in [0.15, 0.2) is 0 Å². The first-order valence-corrected chi connectivity index (χ1v) is 6.69. The largest absolute Gasteiger partial charge is 0.386 e. The van der Waals surface area contributed by atoms with E-state index >= 15 is 0 Å². The molecule has 1 aliphatic rings. The summed E-state index contributed by atoms with van der Waals surface area (Å²) in [6.07, 6.45) is 0.438. The van der Waals surface area contributed by atoms with Gasteiger partial charge in [-0.15, -0.1) is 0 Å². The number of hydrogen-bond acceptors (Lipinski definition) is 4. The number of ether oxygens (including phenoxy) is 1. The van der Waals surface area contributed by atoms with Crippen LogP contribution >= 0.6 is 0 Å². The average molecular weight is 258 g/mol. The zero-order valence-corrected chi connectivity index (χ0v) is 11.8. The van der Waals surface area contributed by atoms with Gasteiger partial charge >= 0.3 is 0 Å². The van der Waals surface area contributed by atoms with E-state index in [1.54, 1.807) is 0 Å². The van der Waals surface area contributed by atoms with Crippen LogP contribution in [0.2, 0.25) is 0 Å². The molecule has 0 radical (unpaired) electrons. The van der Waals surface area contributed by atoms with Gasteiger partial charge in [-0.05, 0) is 19.8 Å². The van der Waals surface area contributed by atoms with E-state index in [0.29, 0.717) is 25.5 Å². The van der Waals surface area contributed by atoms with Gasteiger partial charge in [0.2, 0.25) is 5.91 Å². The van der Waals surface area contributed by atoms with Gasteiger partial charge in [0.15, 0.2) is 0 Å². The highest BCUT2D eigenvalue weighted by Gasteiger charge is 2.39. The highest BCUT2D eigenvalue weighted by atomic mass is 16.5. The van der Waals surface area contributed by atoms with Crippen LogP contribution in [0.3, 0.4) is 0 Å². The maximum Gasteiger partial charge on any atom is 0.234 e. The van der Waals surface area contributed by atoms with Gasteiger partial charge in [-0.3, -0.25) is 4.79 Å². The van der Waals surface area contributed by atoms with Gasteiger partial charge < -0.3 is 20.5 Å². The predicted octanol–water partition coefficient (Wildman–Crippen LogP) is 0.277. The first-order chi connectivity index (χ1) is 8.35. The first kappa shape index (κ1) is 15.4. The highest BCUT2D eigenvalue weighted by molar-refractivity contribution is 5.78. The second-order valence-electron chi connectivity index (χ2n) is 5.57. The van der Waals surface area contributed by atoms with Crippen LogP contribution in [0.4, 0.5) is 0 Å². The first-order valence-electron chi connectivity index (χ1n) is 6.69. The highest BCUT2D eigenvalue weighted by Crippen LogP contribution is 2.24. The molecule has 18 heavy (non-hydrogen) atoms. The molecule has 0 bridgehead atoms. The Morgan fingerprint density at radius 2 is 2.17 bits per heavy atom. The molecule has 0 aromatic heterocycles. The lowest BCUT2D eigenvalue weighted by Crippen LogP contribution is -2.49. The minimum absolute atomic E-state index is 0.0358. The molecule has 0 spiro atoms. The molecule has 1 rings (SSSR count). The number of amides is 1. The van der Waals surface area contributed by atoms with Crippen molar-refractivity contribution in [1.29, 1.82) is 0 Å². The molecule has 1 fully saturated rings. The summed E-state index contributed by atoms with van der Waals surface area (Å²) in [5, 5.41) is 16.1. The molecule has 3 N–H and O–H groups in total. The van der Waals surface area contributed by atoms with Crippen molar-refractivity contribution in [3.05, 3.63) is 0 Å². The van der Waals surface area contributed by atoms with Crippen LogP contribution in [0.1, 0.15) is 34.1 Å². The molecule has 0 saturated carbocycles. The number of hydrogen-bond donors (Lipinski definition) is 3. The summed E-state index contributed by atoms with van der Waals surface area (Å²) < 4.78 is 5.33. The van der Waals surface area contributed by atoms with Crippen molar-refractivity contribution in [1.82, 2.24) is 10.6 Å². The number of carbonyl (C=O) groups excluding carboxylic acids is 1. The van der Waals surface area contributed by atoms with Crippen LogP contribution < -0.4 is 10.6 Å². The monoisotopic (exact) mass is 258 g/mol. The molecular weight excluding hydrogens is 232 g/mol. The zero-order chi connectivity index (χ0) is 13.8. The van der Waals surface area contributed by atoms with E-state index in [1.165, 1.54) is 0 Å². The number of nitrogens with one attached hydrogen (secondary N) is 2. The van der Waals surface area contributed by atoms with E-state index in [9.17, 15) is 9.90 Å². The summed E-state index contributed by atoms with van der Waals surface area (Å²) in [5.41, 5.74) is -0.843. The molecular formula is C13H26N2O3. The molecule has 5 heteroatoms. The lowest BCUT2D eigenvalue weighted by Gasteiger charge is -2.26. The zero-order valence-electron chi connectivity index (χ0n) is 11.8. The van der Waals surface area contributed by atoms with Crippen molar-refractivity contribution in [2.24, 2.45) is 5.92 Å². The molecule has 3 unspecified atom stereocenters. The van der Waals surface area contributed by atoms with E-state index in [1.807, 2.05) is 13.8 Å². The third-order valence-corrected chi connectivity index (χ3v) is 3.76. The van der Waals surface area contributed by atoms with Crippen LogP contribution in [0, 0.1) is 5.92 Å². The van der Waals surface area contributed by atoms with Crippen LogP contribution in [-0.2, 0) is 9.53 Å². The summed E-state index contributed by atoms with van der Waals surface area (Å²) in [4.78, 5) is 11.6. The topological polar surface area (TPSA) is 70.6 Å². The standard InChI is InChI=1S/C13H26N2O3/c1-9(2)10(3)15-12(16)7-14-8-13(17)5-6-18-11(13)4/h9-11,14,17H,5-8H2,1-4H3,(H,15,16). The van der Waals surface area contributed by atoms with Gasteiger partial charge in [0.05, 0.1) is 12.6 Å². The second kappa shape index (κ2) is 6.50. The van der Waals surface area contributed by atoms with Crippen molar-refractivity contribution in [3.63, 3.8) is 0 Å². The molecule has 1 amide bonds. The lowest BCUT2D eigenvalue weighted by molar-refractivity contribution is -0.121. The van der Waals surface area contributed by atoms with E-state index in [2.05, 4.69) is 24.5 Å². The van der Waals surface area contributed by atoms with E-state index in [-0.39, 0.29) is 24.6 Å². The number of aliphatic hydroxyl groups is 1. The SMILES string of the molecule is CC(C)C(C)NC(=O)CNCC1(O)CCOC1C. The van der Waals surface area contributed by atoms with E-state index in [0.717, 1.165) is 0 Å². The van der Waals surface area contributed by atoms with Crippen molar-refractivity contribution < 1.29 is 14.6 Å². The molecule has 3 atom stereocenters. The van der Waals surface area contributed by atoms with Gasteiger partial charge in [0.1, 0.15) is 5.60 Å². The van der Waals surface area contributed by atoms with Crippen molar-refractivity contribution in [3.8, 4) is 0 Å². The Morgan fingerprint density at radius 3 is 2.67 bits per heavy atom. The Kier molecular flexibility index (Phi) is 5.56. The summed E-state index contributed by atoms with van der Waals surface area (Å²) >= 11 is 0. The molecule has 0 aliphatic carbocycles. The van der Waals surface area contributed by atoms with Gasteiger partial charge in [0, 0.05) is 25.6 Å². The summed E-state index contributed by atoms with van der Waals surface area (Å²) in [5.74, 6) is 0.382. The maximum atomic E-state index is 11.6. The van der Waals surface area contributed by atoms with Gasteiger partial charge in [-0.2, -0.15) is 0 Å². The molecule has 5 nitrogen and oxygen atoms in total. The summed E-state index contributed by atoms with van der Waals surface area (Å²) in [7, 11) is 0. The normalized spacial score (nSPS) is 29.6. The molecule has 0 aromatic rings. The molecule has 1 aliphatic heterocycles. The van der Waals surface area contributed by atoms with Crippen LogP contribution in [0.25, 0.3) is 0 Å². The Hall–Kier alpha value is -0.650. The molecule has 106 valence electrons. The third kappa shape index (κ3) is 4.23. The average Bonchev–Trinajstić information content (AvgIpc) is 2.59. The minimum atomic E-state index is -0.843. The Bertz CT molecular complexity index is 283. The van der Waals surface area contributed by atoms with E-state index in [4.69, 9.17) is 4.74 Å². The van der Waals surface area contributed by atoms with Gasteiger partial charge in [-0.25, -0.2) is 0 Å². The fraction of sp³-hybridized carbons (Fsp3) is 0.923. The van der Waals surface area contributed by atoms with Crippen molar-refractivity contribution in [2.75, 3.05) is 19.7 Å². The summed E-state index contributed by atoms with van der Waals surface area (Å²) in [6.45, 7) is 9.18. The minimum Gasteiger partial charge on any atom is -0.386 e. The summed E-state index contributed by atoms with van der Waals surface area (Å²) in [6, 6.07) is 0.163. The quantitative estimate of drug-likeness (QED) is 0.640. The Labute approximate surface area is 109 Å². The lowest BCUT2D eigenvalue weighted by atomic mass is 9.97. The van der Waals surface area contributed by atoms with Gasteiger partial charge in [0.25, 0.3) is 0 Å². The predicted molar refractivity (Wildman–Crippen MR) is 70.3 cm³/mol. The third-order valence-electron chi connectivity index (χ3n) is 3.76. The maximum absolute atomic E-state index is 11.6.